The second-order valence-corrected chi connectivity index (χ2v) is 10.3. The Morgan fingerprint density at radius 1 is 1.11 bits per heavy atom. The third-order valence-corrected chi connectivity index (χ3v) is 7.35. The number of ether oxygens (including phenoxy) is 1. The predicted octanol–water partition coefficient (Wildman–Crippen LogP) is 3.43. The first-order chi connectivity index (χ1) is 17.7. The fourth-order valence-electron chi connectivity index (χ4n) is 5.50. The molecular weight excluding hydrogens is 470 g/mol. The van der Waals surface area contributed by atoms with Gasteiger partial charge in [-0.1, -0.05) is 42.5 Å². The minimum Gasteiger partial charge on any atom is -0.370 e. The molecule has 2 aromatic carbocycles. The summed E-state index contributed by atoms with van der Waals surface area (Å²) < 4.78 is 7.06. The minimum atomic E-state index is -0.588. The van der Waals surface area contributed by atoms with Crippen LogP contribution in [0.1, 0.15) is 61.8 Å². The molecule has 0 fully saturated rings. The summed E-state index contributed by atoms with van der Waals surface area (Å²) in [7, 11) is 0. The van der Waals surface area contributed by atoms with Gasteiger partial charge in [-0.05, 0) is 48.9 Å². The molecule has 0 aromatic heterocycles. The van der Waals surface area contributed by atoms with Crippen LogP contribution in [0, 0.1) is 4.91 Å². The summed E-state index contributed by atoms with van der Waals surface area (Å²) in [5, 5.41) is 0. The number of para-hydroxylation sites is 1. The molecule has 37 heavy (non-hydrogen) atoms. The third-order valence-electron chi connectivity index (χ3n) is 7.35. The van der Waals surface area contributed by atoms with Gasteiger partial charge in [0.05, 0.1) is 12.3 Å². The van der Waals surface area contributed by atoms with E-state index in [2.05, 4.69) is 6.07 Å². The van der Waals surface area contributed by atoms with Crippen LogP contribution in [0.2, 0.25) is 0 Å². The zero-order chi connectivity index (χ0) is 26.5. The number of aryl methyl sites for hydroxylation is 1. The second-order valence-electron chi connectivity index (χ2n) is 10.3. The van der Waals surface area contributed by atoms with Gasteiger partial charge in [-0.3, -0.25) is 14.4 Å². The summed E-state index contributed by atoms with van der Waals surface area (Å²) in [6.45, 7) is 3.83. The highest BCUT2D eigenvalue weighted by molar-refractivity contribution is 5.98. The summed E-state index contributed by atoms with van der Waals surface area (Å²) in [5.74, 6) is -0.297. The Morgan fingerprint density at radius 2 is 1.81 bits per heavy atom. The average molecular weight is 507 g/mol. The van der Waals surface area contributed by atoms with E-state index < -0.39 is 18.1 Å². The molecule has 2 heterocycles. The Morgan fingerprint density at radius 3 is 2.51 bits per heavy atom. The van der Waals surface area contributed by atoms with E-state index in [1.165, 1.54) is 5.56 Å². The number of nitroso groups, excluding NO2 is 1. The van der Waals surface area contributed by atoms with Crippen LogP contribution in [-0.4, -0.2) is 47.1 Å². The van der Waals surface area contributed by atoms with Crippen LogP contribution >= 0.6 is 0 Å². The van der Waals surface area contributed by atoms with Gasteiger partial charge in [0.15, 0.2) is 0 Å². The number of rotatable bonds is 12. The van der Waals surface area contributed by atoms with Crippen molar-refractivity contribution in [3.05, 3.63) is 69.6 Å². The van der Waals surface area contributed by atoms with E-state index in [1.54, 1.807) is 6.92 Å². The number of benzene rings is 2. The molecule has 0 unspecified atom stereocenters. The lowest BCUT2D eigenvalue weighted by Gasteiger charge is -2.24. The molecule has 0 aliphatic carbocycles. The van der Waals surface area contributed by atoms with Gasteiger partial charge >= 0.3 is 0 Å². The standard InChI is InChI=1S/C29H35N3O5/c1-19(33)15-21-9-11-22(12-10-21)18-37-20(2)26(13-14-27(30)34)31(36)17-25-16-24-7-3-5-23-6-4-8-28(35)32(25)29(23)24/h3,5,7,9-12,20,25-26H,4,6,8,13-18H2,1-2H3,(H-,30,34)/p+1/t20-,25+,26+/m1/s1. The molecule has 2 N–H and O–H groups in total. The molecular formula is C29H36N3O5+. The molecule has 0 saturated carbocycles. The fourth-order valence-corrected chi connectivity index (χ4v) is 5.50. The number of primary amides is 1. The minimum absolute atomic E-state index is 0.0632. The molecule has 3 atom stereocenters. The normalized spacial score (nSPS) is 18.2. The highest BCUT2D eigenvalue weighted by Crippen LogP contribution is 2.39. The number of hydrogen-bond acceptors (Lipinski definition) is 5. The molecule has 0 saturated heterocycles. The zero-order valence-corrected chi connectivity index (χ0v) is 21.7. The van der Waals surface area contributed by atoms with Crippen molar-refractivity contribution in [1.82, 2.24) is 0 Å². The first-order valence-corrected chi connectivity index (χ1v) is 13.1. The summed E-state index contributed by atoms with van der Waals surface area (Å²) in [6.07, 6.45) is 3.06. The number of anilines is 1. The molecule has 196 valence electrons. The van der Waals surface area contributed by atoms with Gasteiger partial charge in [-0.2, -0.15) is 0 Å². The molecule has 0 spiro atoms. The van der Waals surface area contributed by atoms with Crippen molar-refractivity contribution in [2.24, 2.45) is 5.73 Å². The van der Waals surface area contributed by atoms with Crippen LogP contribution in [0.5, 0.6) is 0 Å². The molecule has 2 aliphatic heterocycles. The lowest BCUT2D eigenvalue weighted by molar-refractivity contribution is -0.598. The van der Waals surface area contributed by atoms with Gasteiger partial charge in [0.2, 0.25) is 24.4 Å². The number of Topliss-reactive ketones (excluding diaryl/α,β-unsaturated/α-hetero) is 1. The second kappa shape index (κ2) is 11.8. The van der Waals surface area contributed by atoms with Crippen LogP contribution in [-0.2, 0) is 45.0 Å². The first kappa shape index (κ1) is 26.7. The fraction of sp³-hybridized carbons (Fsp3) is 0.483. The van der Waals surface area contributed by atoms with E-state index in [0.29, 0.717) is 25.9 Å². The Balaban J connectivity index is 1.44. The summed E-state index contributed by atoms with van der Waals surface area (Å²) in [5.41, 5.74) is 10.5. The molecule has 2 aromatic rings. The predicted molar refractivity (Wildman–Crippen MR) is 140 cm³/mol. The van der Waals surface area contributed by atoms with E-state index in [-0.39, 0.29) is 37.1 Å². The molecule has 4 rings (SSSR count). The maximum Gasteiger partial charge on any atom is 0.227 e. The van der Waals surface area contributed by atoms with Crippen molar-refractivity contribution in [1.29, 1.82) is 0 Å². The number of amides is 2. The highest BCUT2D eigenvalue weighted by atomic mass is 16.5. The molecule has 0 radical (unpaired) electrons. The number of nitrogens with zero attached hydrogens (tertiary/aromatic N) is 2. The van der Waals surface area contributed by atoms with E-state index in [4.69, 9.17) is 10.5 Å². The smallest absolute Gasteiger partial charge is 0.227 e. The summed E-state index contributed by atoms with van der Waals surface area (Å²) in [4.78, 5) is 51.2. The third kappa shape index (κ3) is 6.49. The SMILES string of the molecule is CC(=O)Cc1ccc(CO[C@H](C)[C@H](CCC(N)=O)[N+](=O)C[C@@H]2Cc3cccc4c3N2C(=O)CCC4)cc1. The number of carbonyl (C=O) groups is 3. The van der Waals surface area contributed by atoms with E-state index in [9.17, 15) is 19.3 Å². The van der Waals surface area contributed by atoms with Crippen molar-refractivity contribution in [2.75, 3.05) is 11.4 Å². The van der Waals surface area contributed by atoms with Gasteiger partial charge in [0.1, 0.15) is 17.9 Å². The summed E-state index contributed by atoms with van der Waals surface area (Å²) in [6, 6.07) is 12.9. The van der Waals surface area contributed by atoms with Crippen LogP contribution in [0.4, 0.5) is 5.69 Å². The van der Waals surface area contributed by atoms with Gasteiger partial charge in [0, 0.05) is 41.8 Å². The molecule has 8 heteroatoms. The van der Waals surface area contributed by atoms with Gasteiger partial charge in [-0.15, -0.1) is 0 Å². The van der Waals surface area contributed by atoms with Gasteiger partial charge < -0.3 is 15.4 Å². The Hall–Kier alpha value is -3.39. The number of ketones is 1. The van der Waals surface area contributed by atoms with Crippen molar-refractivity contribution in [3.63, 3.8) is 0 Å². The van der Waals surface area contributed by atoms with Crippen molar-refractivity contribution in [3.8, 4) is 0 Å². The number of hydrogen-bond donors (Lipinski definition) is 1. The maximum atomic E-state index is 13.5. The first-order valence-electron chi connectivity index (χ1n) is 13.1. The Labute approximate surface area is 217 Å². The maximum absolute atomic E-state index is 13.5. The van der Waals surface area contributed by atoms with Crippen LogP contribution in [0.3, 0.4) is 0 Å². The molecule has 2 aliphatic rings. The van der Waals surface area contributed by atoms with Gasteiger partial charge in [0.25, 0.3) is 0 Å². The van der Waals surface area contributed by atoms with Crippen molar-refractivity contribution in [2.45, 2.75) is 83.6 Å². The van der Waals surface area contributed by atoms with E-state index >= 15 is 0 Å². The average Bonchev–Trinajstić information content (AvgIpc) is 3.12. The van der Waals surface area contributed by atoms with Crippen molar-refractivity contribution < 1.29 is 23.9 Å². The van der Waals surface area contributed by atoms with Crippen LogP contribution in [0.15, 0.2) is 42.5 Å². The monoisotopic (exact) mass is 506 g/mol. The lowest BCUT2D eigenvalue weighted by Crippen LogP contribution is -2.46. The molecule has 8 nitrogen and oxygen atoms in total. The van der Waals surface area contributed by atoms with Crippen LogP contribution in [0.25, 0.3) is 0 Å². The topological polar surface area (TPSA) is 110 Å². The summed E-state index contributed by atoms with van der Waals surface area (Å²) >= 11 is 0. The molecule has 2 amide bonds. The van der Waals surface area contributed by atoms with E-state index in [0.717, 1.165) is 40.0 Å². The van der Waals surface area contributed by atoms with E-state index in [1.807, 2.05) is 48.2 Å². The number of carbonyl (C=O) groups excluding carboxylic acids is 3. The Bertz CT molecular complexity index is 1180. The Kier molecular flexibility index (Phi) is 8.48. The molecule has 0 bridgehead atoms. The van der Waals surface area contributed by atoms with Gasteiger partial charge in [-0.25, -0.2) is 0 Å². The quantitative estimate of drug-likeness (QED) is 0.444. The zero-order valence-electron chi connectivity index (χ0n) is 21.7. The number of nitrogens with two attached hydrogens (primary N) is 1. The van der Waals surface area contributed by atoms with Crippen LogP contribution < -0.4 is 10.6 Å². The highest BCUT2D eigenvalue weighted by Gasteiger charge is 2.42. The van der Waals surface area contributed by atoms with Crippen molar-refractivity contribution >= 4 is 23.3 Å². The lowest BCUT2D eigenvalue weighted by atomic mass is 10.0. The largest absolute Gasteiger partial charge is 0.370 e.